The Labute approximate surface area is 221 Å². The number of carbonyl (C=O) groups excluding carboxylic acids is 2. The summed E-state index contributed by atoms with van der Waals surface area (Å²) in [6.45, 7) is 4.00. The normalized spacial score (nSPS) is 16.6. The van der Waals surface area contributed by atoms with Crippen LogP contribution in [0.4, 0.5) is 5.69 Å². The highest BCUT2D eigenvalue weighted by Crippen LogP contribution is 2.31. The van der Waals surface area contributed by atoms with Crippen LogP contribution in [0.5, 0.6) is 0 Å². The van der Waals surface area contributed by atoms with Crippen molar-refractivity contribution in [3.8, 4) is 11.1 Å². The summed E-state index contributed by atoms with van der Waals surface area (Å²) in [5, 5.41) is 21.9. The fourth-order valence-corrected chi connectivity index (χ4v) is 5.81. The zero-order valence-corrected chi connectivity index (χ0v) is 21.7. The largest absolute Gasteiger partial charge is 0.618 e. The highest BCUT2D eigenvalue weighted by atomic mass is 35.5. The standard InChI is InChI=1S/C28H32ClN5O3/c1-18-25(23(29)13-15-34(18)37)19-7-9-21(10-8-19)31-28(36)26(20-5-3-2-4-6-20)32-27(35)24-12-11-22-17-30-14-16-33(22)24/h7-13,15,20,26,30H,2-6,14,16-17H2,1H3,(H,31,36)(H,32,35)/t26-/m1/s1. The fraction of sp³-hybridized carbons (Fsp3) is 0.393. The number of hydrogen-bond acceptors (Lipinski definition) is 4. The summed E-state index contributed by atoms with van der Waals surface area (Å²) in [6.07, 6.45) is 6.48. The minimum Gasteiger partial charge on any atom is -0.618 e. The molecular formula is C28H32ClN5O3. The van der Waals surface area contributed by atoms with Crippen molar-refractivity contribution >= 4 is 29.1 Å². The first-order valence-corrected chi connectivity index (χ1v) is 13.3. The van der Waals surface area contributed by atoms with E-state index in [1.54, 1.807) is 25.1 Å². The molecule has 37 heavy (non-hydrogen) atoms. The Balaban J connectivity index is 1.34. The van der Waals surface area contributed by atoms with Crippen LogP contribution in [0.2, 0.25) is 5.02 Å². The molecule has 9 heteroatoms. The van der Waals surface area contributed by atoms with Crippen molar-refractivity contribution in [1.82, 2.24) is 15.2 Å². The maximum Gasteiger partial charge on any atom is 0.268 e. The predicted octanol–water partition coefficient (Wildman–Crippen LogP) is 4.17. The van der Waals surface area contributed by atoms with Crippen LogP contribution in [0.25, 0.3) is 11.1 Å². The van der Waals surface area contributed by atoms with E-state index < -0.39 is 6.04 Å². The second-order valence-corrected chi connectivity index (χ2v) is 10.3. The second-order valence-electron chi connectivity index (χ2n) is 9.90. The average molecular weight is 522 g/mol. The minimum absolute atomic E-state index is 0.0905. The topological polar surface area (TPSA) is 102 Å². The molecule has 1 atom stereocenters. The highest BCUT2D eigenvalue weighted by molar-refractivity contribution is 6.33. The van der Waals surface area contributed by atoms with E-state index in [4.69, 9.17) is 11.6 Å². The first kappa shape index (κ1) is 25.3. The lowest BCUT2D eigenvalue weighted by Crippen LogP contribution is -2.49. The number of fused-ring (bicyclic) bond motifs is 1. The van der Waals surface area contributed by atoms with Crippen molar-refractivity contribution in [1.29, 1.82) is 0 Å². The van der Waals surface area contributed by atoms with E-state index >= 15 is 0 Å². The van der Waals surface area contributed by atoms with Gasteiger partial charge in [-0.1, -0.05) is 43.0 Å². The summed E-state index contributed by atoms with van der Waals surface area (Å²) in [5.41, 5.74) is 4.25. The van der Waals surface area contributed by atoms with Gasteiger partial charge in [-0.05, 0) is 48.6 Å². The van der Waals surface area contributed by atoms with E-state index in [9.17, 15) is 14.8 Å². The zero-order valence-electron chi connectivity index (χ0n) is 20.9. The van der Waals surface area contributed by atoms with E-state index in [0.717, 1.165) is 67.7 Å². The van der Waals surface area contributed by atoms with Crippen molar-refractivity contribution in [2.45, 2.75) is 58.2 Å². The highest BCUT2D eigenvalue weighted by Gasteiger charge is 2.32. The van der Waals surface area contributed by atoms with Crippen LogP contribution in [0.1, 0.15) is 54.0 Å². The van der Waals surface area contributed by atoms with E-state index in [2.05, 4.69) is 16.0 Å². The average Bonchev–Trinajstić information content (AvgIpc) is 3.35. The van der Waals surface area contributed by atoms with Crippen molar-refractivity contribution < 1.29 is 14.3 Å². The Morgan fingerprint density at radius 2 is 1.86 bits per heavy atom. The van der Waals surface area contributed by atoms with Gasteiger partial charge in [0.2, 0.25) is 5.91 Å². The van der Waals surface area contributed by atoms with Gasteiger partial charge in [-0.15, -0.1) is 0 Å². The molecule has 194 valence electrons. The van der Waals surface area contributed by atoms with Gasteiger partial charge in [0.15, 0.2) is 11.9 Å². The van der Waals surface area contributed by atoms with Gasteiger partial charge in [0, 0.05) is 44.0 Å². The molecule has 5 rings (SSSR count). The van der Waals surface area contributed by atoms with Crippen molar-refractivity contribution in [3.63, 3.8) is 0 Å². The predicted molar refractivity (Wildman–Crippen MR) is 143 cm³/mol. The molecule has 0 radical (unpaired) electrons. The van der Waals surface area contributed by atoms with Gasteiger partial charge in [-0.2, -0.15) is 4.73 Å². The molecule has 2 aromatic heterocycles. The van der Waals surface area contributed by atoms with Crippen molar-refractivity contribution in [2.24, 2.45) is 5.92 Å². The molecular weight excluding hydrogens is 490 g/mol. The first-order chi connectivity index (χ1) is 17.9. The number of hydrogen-bond donors (Lipinski definition) is 3. The van der Waals surface area contributed by atoms with Crippen LogP contribution < -0.4 is 20.7 Å². The summed E-state index contributed by atoms with van der Waals surface area (Å²) in [7, 11) is 0. The second kappa shape index (κ2) is 10.9. The summed E-state index contributed by atoms with van der Waals surface area (Å²) >= 11 is 6.36. The lowest BCUT2D eigenvalue weighted by atomic mass is 9.83. The lowest BCUT2D eigenvalue weighted by molar-refractivity contribution is -0.611. The van der Waals surface area contributed by atoms with Crippen LogP contribution in [0.3, 0.4) is 0 Å². The molecule has 3 N–H and O–H groups in total. The quantitative estimate of drug-likeness (QED) is 0.334. The molecule has 0 spiro atoms. The zero-order chi connectivity index (χ0) is 25.9. The number of amides is 2. The van der Waals surface area contributed by atoms with Crippen LogP contribution in [-0.4, -0.2) is 29.0 Å². The number of rotatable bonds is 6. The van der Waals surface area contributed by atoms with E-state index in [0.29, 0.717) is 27.7 Å². The van der Waals surface area contributed by atoms with Gasteiger partial charge < -0.3 is 25.7 Å². The number of pyridine rings is 1. The molecule has 0 unspecified atom stereocenters. The third kappa shape index (κ3) is 5.36. The molecule has 1 saturated carbocycles. The molecule has 1 aliphatic heterocycles. The molecule has 2 aliphatic rings. The molecule has 3 aromatic rings. The molecule has 3 heterocycles. The number of aromatic nitrogens is 2. The van der Waals surface area contributed by atoms with Gasteiger partial charge in [-0.3, -0.25) is 9.59 Å². The Morgan fingerprint density at radius 3 is 2.62 bits per heavy atom. The van der Waals surface area contributed by atoms with Crippen LogP contribution in [0.15, 0.2) is 48.7 Å². The maximum absolute atomic E-state index is 13.5. The monoisotopic (exact) mass is 521 g/mol. The van der Waals surface area contributed by atoms with Gasteiger partial charge in [0.05, 0.1) is 10.6 Å². The summed E-state index contributed by atoms with van der Waals surface area (Å²) in [4.78, 5) is 26.8. The fourth-order valence-electron chi connectivity index (χ4n) is 5.51. The van der Waals surface area contributed by atoms with E-state index in [-0.39, 0.29) is 17.7 Å². The van der Waals surface area contributed by atoms with Gasteiger partial charge in [-0.25, -0.2) is 0 Å². The Hall–Kier alpha value is -3.36. The van der Waals surface area contributed by atoms with Crippen LogP contribution in [-0.2, 0) is 17.9 Å². The first-order valence-electron chi connectivity index (χ1n) is 12.9. The smallest absolute Gasteiger partial charge is 0.268 e. The number of benzene rings is 1. The third-order valence-corrected chi connectivity index (χ3v) is 7.86. The molecule has 1 fully saturated rings. The molecule has 8 nitrogen and oxygen atoms in total. The maximum atomic E-state index is 13.5. The molecule has 1 aromatic carbocycles. The van der Waals surface area contributed by atoms with Crippen molar-refractivity contribution in [2.75, 3.05) is 11.9 Å². The van der Waals surface area contributed by atoms with Gasteiger partial charge >= 0.3 is 0 Å². The molecule has 2 amide bonds. The van der Waals surface area contributed by atoms with Crippen LogP contribution >= 0.6 is 11.6 Å². The van der Waals surface area contributed by atoms with Gasteiger partial charge in [0.1, 0.15) is 11.7 Å². The summed E-state index contributed by atoms with van der Waals surface area (Å²) in [5.74, 6) is -0.339. The molecule has 0 bridgehead atoms. The van der Waals surface area contributed by atoms with Crippen LogP contribution in [0, 0.1) is 18.0 Å². The number of halogens is 1. The Morgan fingerprint density at radius 1 is 1.11 bits per heavy atom. The number of anilines is 1. The molecule has 1 aliphatic carbocycles. The SMILES string of the molecule is Cc1c(-c2ccc(NC(=O)[C@H](NC(=O)c3ccc4n3CCNC4)C3CCCCC3)cc2)c(Cl)cc[n+]1[O-]. The summed E-state index contributed by atoms with van der Waals surface area (Å²) in [6, 6.07) is 12.0. The third-order valence-electron chi connectivity index (χ3n) is 7.54. The minimum atomic E-state index is -0.620. The lowest BCUT2D eigenvalue weighted by Gasteiger charge is -2.30. The molecule has 0 saturated heterocycles. The Bertz CT molecular complexity index is 1300. The van der Waals surface area contributed by atoms with E-state index in [1.807, 2.05) is 28.8 Å². The number of nitrogens with one attached hydrogen (secondary N) is 3. The van der Waals surface area contributed by atoms with Crippen molar-refractivity contribution in [3.05, 3.63) is 76.0 Å². The van der Waals surface area contributed by atoms with E-state index in [1.165, 1.54) is 6.20 Å². The summed E-state index contributed by atoms with van der Waals surface area (Å²) < 4.78 is 2.82. The number of nitrogens with zero attached hydrogens (tertiary/aromatic N) is 2. The number of carbonyl (C=O) groups is 2. The Kier molecular flexibility index (Phi) is 7.48. The van der Waals surface area contributed by atoms with Gasteiger partial charge in [0.25, 0.3) is 5.91 Å².